The zero-order chi connectivity index (χ0) is 26.6. The third-order valence-corrected chi connectivity index (χ3v) is 6.79. The SMILES string of the molecule is CCCNC(=O)[C@H](Cc1ccccc1)N(Cc1c(Cl)cccc1Cl)C(=O)CCCOc1ccc(Cl)cc1. The van der Waals surface area contributed by atoms with Crippen molar-refractivity contribution in [2.75, 3.05) is 13.2 Å². The summed E-state index contributed by atoms with van der Waals surface area (Å²) in [5, 5.41) is 4.49. The number of rotatable bonds is 13. The molecule has 3 aromatic carbocycles. The Balaban J connectivity index is 1.82. The number of hydrogen-bond donors (Lipinski definition) is 1. The van der Waals surface area contributed by atoms with Gasteiger partial charge in [0.1, 0.15) is 11.8 Å². The van der Waals surface area contributed by atoms with Crippen LogP contribution in [-0.4, -0.2) is 35.9 Å². The average molecular weight is 562 g/mol. The van der Waals surface area contributed by atoms with Crippen LogP contribution >= 0.6 is 34.8 Å². The van der Waals surface area contributed by atoms with E-state index < -0.39 is 6.04 Å². The number of hydrogen-bond acceptors (Lipinski definition) is 3. The summed E-state index contributed by atoms with van der Waals surface area (Å²) in [4.78, 5) is 28.6. The van der Waals surface area contributed by atoms with E-state index in [2.05, 4.69) is 5.32 Å². The third kappa shape index (κ3) is 8.96. The van der Waals surface area contributed by atoms with E-state index in [9.17, 15) is 9.59 Å². The van der Waals surface area contributed by atoms with E-state index in [1.807, 2.05) is 37.3 Å². The molecular formula is C29H31Cl3N2O3. The molecule has 0 spiro atoms. The number of carbonyl (C=O) groups excluding carboxylic acids is 2. The first kappa shape index (κ1) is 28.8. The number of carbonyl (C=O) groups is 2. The average Bonchev–Trinajstić information content (AvgIpc) is 2.90. The maximum Gasteiger partial charge on any atom is 0.243 e. The smallest absolute Gasteiger partial charge is 0.243 e. The number of halogens is 3. The molecule has 3 rings (SSSR count). The quantitative estimate of drug-likeness (QED) is 0.229. The minimum atomic E-state index is -0.731. The highest BCUT2D eigenvalue weighted by atomic mass is 35.5. The summed E-state index contributed by atoms with van der Waals surface area (Å²) < 4.78 is 5.75. The molecular weight excluding hydrogens is 531 g/mol. The fourth-order valence-electron chi connectivity index (χ4n) is 3.86. The van der Waals surface area contributed by atoms with Crippen molar-refractivity contribution < 1.29 is 14.3 Å². The zero-order valence-electron chi connectivity index (χ0n) is 20.8. The lowest BCUT2D eigenvalue weighted by Crippen LogP contribution is -2.50. The molecule has 0 aliphatic rings. The normalized spacial score (nSPS) is 11.6. The Bertz CT molecular complexity index is 1140. The number of nitrogens with one attached hydrogen (secondary N) is 1. The van der Waals surface area contributed by atoms with Gasteiger partial charge in [0.2, 0.25) is 11.8 Å². The molecule has 1 N–H and O–H groups in total. The topological polar surface area (TPSA) is 58.6 Å². The van der Waals surface area contributed by atoms with E-state index in [0.29, 0.717) is 52.4 Å². The van der Waals surface area contributed by atoms with Gasteiger partial charge in [-0.1, -0.05) is 78.1 Å². The summed E-state index contributed by atoms with van der Waals surface area (Å²) in [6.07, 6.45) is 1.83. The minimum absolute atomic E-state index is 0.117. The zero-order valence-corrected chi connectivity index (χ0v) is 23.0. The highest BCUT2D eigenvalue weighted by Gasteiger charge is 2.31. The molecule has 8 heteroatoms. The van der Waals surface area contributed by atoms with Gasteiger partial charge in [0.05, 0.1) is 6.61 Å². The van der Waals surface area contributed by atoms with E-state index >= 15 is 0 Å². The summed E-state index contributed by atoms with van der Waals surface area (Å²) in [6, 6.07) is 21.2. The lowest BCUT2D eigenvalue weighted by molar-refractivity contribution is -0.141. The maximum atomic E-state index is 13.6. The van der Waals surface area contributed by atoms with Gasteiger partial charge in [-0.15, -0.1) is 0 Å². The Morgan fingerprint density at radius 3 is 2.24 bits per heavy atom. The number of nitrogens with zero attached hydrogens (tertiary/aromatic N) is 1. The Morgan fingerprint density at radius 2 is 1.59 bits per heavy atom. The van der Waals surface area contributed by atoms with Crippen molar-refractivity contribution in [2.24, 2.45) is 0 Å². The van der Waals surface area contributed by atoms with Crippen LogP contribution in [0.4, 0.5) is 0 Å². The molecule has 3 aromatic rings. The predicted octanol–water partition coefficient (Wildman–Crippen LogP) is 6.97. The summed E-state index contributed by atoms with van der Waals surface area (Å²) in [7, 11) is 0. The van der Waals surface area contributed by atoms with Crippen LogP contribution in [0.5, 0.6) is 5.75 Å². The Labute approximate surface area is 233 Å². The van der Waals surface area contributed by atoms with Gasteiger partial charge in [0.15, 0.2) is 0 Å². The van der Waals surface area contributed by atoms with Gasteiger partial charge in [-0.05, 0) is 54.8 Å². The Kier molecular flexibility index (Phi) is 11.6. The second-order valence-electron chi connectivity index (χ2n) is 8.62. The molecule has 37 heavy (non-hydrogen) atoms. The first-order valence-electron chi connectivity index (χ1n) is 12.3. The third-order valence-electron chi connectivity index (χ3n) is 5.83. The molecule has 5 nitrogen and oxygen atoms in total. The number of amides is 2. The van der Waals surface area contributed by atoms with Crippen LogP contribution in [-0.2, 0) is 22.6 Å². The van der Waals surface area contributed by atoms with Gasteiger partial charge in [-0.25, -0.2) is 0 Å². The minimum Gasteiger partial charge on any atom is -0.494 e. The lowest BCUT2D eigenvalue weighted by Gasteiger charge is -2.32. The second kappa shape index (κ2) is 14.9. The van der Waals surface area contributed by atoms with Gasteiger partial charge >= 0.3 is 0 Å². The molecule has 196 valence electrons. The van der Waals surface area contributed by atoms with E-state index in [-0.39, 0.29) is 24.8 Å². The highest BCUT2D eigenvalue weighted by Crippen LogP contribution is 2.27. The highest BCUT2D eigenvalue weighted by molar-refractivity contribution is 6.36. The van der Waals surface area contributed by atoms with Crippen molar-refractivity contribution in [3.63, 3.8) is 0 Å². The van der Waals surface area contributed by atoms with Crippen LogP contribution in [0, 0.1) is 0 Å². The molecule has 0 bridgehead atoms. The van der Waals surface area contributed by atoms with Gasteiger partial charge < -0.3 is 15.0 Å². The monoisotopic (exact) mass is 560 g/mol. The number of benzene rings is 3. The fraction of sp³-hybridized carbons (Fsp3) is 0.310. The molecule has 0 saturated carbocycles. The first-order chi connectivity index (χ1) is 17.9. The van der Waals surface area contributed by atoms with Crippen molar-refractivity contribution >= 4 is 46.6 Å². The van der Waals surface area contributed by atoms with E-state index in [1.54, 1.807) is 47.4 Å². The molecule has 0 heterocycles. The number of ether oxygens (including phenoxy) is 1. The van der Waals surface area contributed by atoms with E-state index in [0.717, 1.165) is 12.0 Å². The Hall–Kier alpha value is -2.73. The molecule has 1 atom stereocenters. The van der Waals surface area contributed by atoms with Crippen molar-refractivity contribution in [3.8, 4) is 5.75 Å². The van der Waals surface area contributed by atoms with Crippen LogP contribution in [0.2, 0.25) is 15.1 Å². The lowest BCUT2D eigenvalue weighted by atomic mass is 10.0. The van der Waals surface area contributed by atoms with Crippen LogP contribution < -0.4 is 10.1 Å². The predicted molar refractivity (Wildman–Crippen MR) is 150 cm³/mol. The van der Waals surface area contributed by atoms with Gasteiger partial charge in [-0.3, -0.25) is 9.59 Å². The second-order valence-corrected chi connectivity index (χ2v) is 9.88. The van der Waals surface area contributed by atoms with Crippen LogP contribution in [0.3, 0.4) is 0 Å². The van der Waals surface area contributed by atoms with Crippen LogP contribution in [0.15, 0.2) is 72.8 Å². The van der Waals surface area contributed by atoms with Crippen molar-refractivity contribution in [3.05, 3.63) is 99.0 Å². The van der Waals surface area contributed by atoms with Crippen molar-refractivity contribution in [1.29, 1.82) is 0 Å². The molecule has 0 saturated heterocycles. The molecule has 0 fully saturated rings. The van der Waals surface area contributed by atoms with Crippen LogP contribution in [0.25, 0.3) is 0 Å². The summed E-state index contributed by atoms with van der Waals surface area (Å²) in [5.74, 6) is 0.292. The molecule has 0 aliphatic carbocycles. The molecule has 0 aliphatic heterocycles. The summed E-state index contributed by atoms with van der Waals surface area (Å²) in [6.45, 7) is 2.97. The van der Waals surface area contributed by atoms with E-state index in [4.69, 9.17) is 39.5 Å². The summed E-state index contributed by atoms with van der Waals surface area (Å²) in [5.41, 5.74) is 1.56. The molecule has 0 radical (unpaired) electrons. The van der Waals surface area contributed by atoms with E-state index in [1.165, 1.54) is 0 Å². The molecule has 0 aromatic heterocycles. The standard InChI is InChI=1S/C29H31Cl3N2O3/c1-2-17-33-29(36)27(19-21-8-4-3-5-9-21)34(20-24-25(31)10-6-11-26(24)32)28(35)12-7-18-37-23-15-13-22(30)14-16-23/h3-6,8-11,13-16,27H,2,7,12,17-20H2,1H3,(H,33,36)/t27-/m0/s1. The molecule has 2 amide bonds. The summed E-state index contributed by atoms with van der Waals surface area (Å²) >= 11 is 18.8. The van der Waals surface area contributed by atoms with Gasteiger partial charge in [0, 0.05) is 46.6 Å². The van der Waals surface area contributed by atoms with Gasteiger partial charge in [-0.2, -0.15) is 0 Å². The fourth-order valence-corrected chi connectivity index (χ4v) is 4.50. The van der Waals surface area contributed by atoms with Crippen LogP contribution in [0.1, 0.15) is 37.3 Å². The largest absolute Gasteiger partial charge is 0.494 e. The maximum absolute atomic E-state index is 13.6. The van der Waals surface area contributed by atoms with Crippen molar-refractivity contribution in [2.45, 2.75) is 45.2 Å². The first-order valence-corrected chi connectivity index (χ1v) is 13.4. The van der Waals surface area contributed by atoms with Gasteiger partial charge in [0.25, 0.3) is 0 Å². The van der Waals surface area contributed by atoms with Crippen molar-refractivity contribution in [1.82, 2.24) is 10.2 Å². The molecule has 0 unspecified atom stereocenters. The Morgan fingerprint density at radius 1 is 0.919 bits per heavy atom.